The van der Waals surface area contributed by atoms with E-state index in [0.717, 1.165) is 17.2 Å². The van der Waals surface area contributed by atoms with E-state index >= 15 is 0 Å². The molecular weight excluding hydrogens is 353 g/mol. The van der Waals surface area contributed by atoms with E-state index in [9.17, 15) is 9.18 Å². The second kappa shape index (κ2) is 8.56. The molecule has 1 aromatic heterocycles. The number of nitrogens with zero attached hydrogens (tertiary/aromatic N) is 2. The van der Waals surface area contributed by atoms with Crippen LogP contribution in [0.15, 0.2) is 28.6 Å². The van der Waals surface area contributed by atoms with Crippen LogP contribution in [0.1, 0.15) is 26.7 Å². The van der Waals surface area contributed by atoms with E-state index in [-0.39, 0.29) is 17.8 Å². The Kier molecular flexibility index (Phi) is 6.73. The second-order valence-electron chi connectivity index (χ2n) is 4.89. The summed E-state index contributed by atoms with van der Waals surface area (Å²) in [4.78, 5) is 11.9. The lowest BCUT2D eigenvalue weighted by atomic mass is 10.2. The molecule has 0 saturated carbocycles. The summed E-state index contributed by atoms with van der Waals surface area (Å²) < 4.78 is 15.9. The van der Waals surface area contributed by atoms with Crippen LogP contribution in [0, 0.1) is 9.77 Å². The summed E-state index contributed by atoms with van der Waals surface area (Å²) in [6.07, 6.45) is 1.84. The minimum absolute atomic E-state index is 0.00171. The zero-order valence-corrected chi connectivity index (χ0v) is 15.4. The van der Waals surface area contributed by atoms with Crippen molar-refractivity contribution in [2.75, 3.05) is 5.75 Å². The minimum atomic E-state index is -0.303. The highest BCUT2D eigenvalue weighted by molar-refractivity contribution is 8.01. The molecule has 0 atom stereocenters. The minimum Gasteiger partial charge on any atom is -0.353 e. The van der Waals surface area contributed by atoms with Crippen molar-refractivity contribution in [1.82, 2.24) is 15.1 Å². The van der Waals surface area contributed by atoms with Crippen LogP contribution >= 0.6 is 35.3 Å². The molecule has 2 aromatic rings. The summed E-state index contributed by atoms with van der Waals surface area (Å²) in [7, 11) is 0. The average molecular weight is 372 g/mol. The maximum absolute atomic E-state index is 13.0. The van der Waals surface area contributed by atoms with Crippen molar-refractivity contribution < 1.29 is 9.18 Å². The molecular formula is C15H18FN3OS3. The topological polar surface area (TPSA) is 46.9 Å². The van der Waals surface area contributed by atoms with Crippen LogP contribution in [0.25, 0.3) is 5.69 Å². The van der Waals surface area contributed by atoms with E-state index in [1.54, 1.807) is 16.8 Å². The van der Waals surface area contributed by atoms with Crippen molar-refractivity contribution in [3.8, 4) is 5.69 Å². The van der Waals surface area contributed by atoms with E-state index in [1.165, 1.54) is 35.2 Å². The number of hydrogen-bond donors (Lipinski definition) is 1. The molecule has 1 aromatic carbocycles. The van der Waals surface area contributed by atoms with Gasteiger partial charge in [0.05, 0.1) is 11.4 Å². The average Bonchev–Trinajstić information content (AvgIpc) is 2.92. The zero-order valence-electron chi connectivity index (χ0n) is 12.9. The molecule has 1 amide bonds. The third-order valence-corrected chi connectivity index (χ3v) is 5.64. The molecule has 2 rings (SSSR count). The molecule has 4 nitrogen and oxygen atoms in total. The summed E-state index contributed by atoms with van der Waals surface area (Å²) in [5.74, 6) is 0.00341. The molecule has 0 radical (unpaired) electrons. The van der Waals surface area contributed by atoms with E-state index in [1.807, 2.05) is 0 Å². The van der Waals surface area contributed by atoms with Gasteiger partial charge in [0.2, 0.25) is 5.91 Å². The van der Waals surface area contributed by atoms with Gasteiger partial charge in [-0.15, -0.1) is 5.10 Å². The van der Waals surface area contributed by atoms with Gasteiger partial charge in [-0.1, -0.05) is 36.9 Å². The lowest BCUT2D eigenvalue weighted by Gasteiger charge is -2.13. The van der Waals surface area contributed by atoms with Crippen LogP contribution in [0.5, 0.6) is 0 Å². The van der Waals surface area contributed by atoms with Gasteiger partial charge in [0.1, 0.15) is 5.82 Å². The molecule has 8 heteroatoms. The number of rotatable bonds is 7. The number of aromatic nitrogens is 2. The van der Waals surface area contributed by atoms with Gasteiger partial charge >= 0.3 is 0 Å². The first-order chi connectivity index (χ1) is 11.0. The monoisotopic (exact) mass is 371 g/mol. The van der Waals surface area contributed by atoms with Crippen molar-refractivity contribution in [2.45, 2.75) is 37.1 Å². The molecule has 0 spiro atoms. The fraction of sp³-hybridized carbons (Fsp3) is 0.400. The molecule has 0 saturated heterocycles. The molecule has 23 heavy (non-hydrogen) atoms. The Morgan fingerprint density at radius 2 is 2.04 bits per heavy atom. The first kappa shape index (κ1) is 18.1. The number of carbonyl (C=O) groups is 1. The van der Waals surface area contributed by atoms with Gasteiger partial charge in [-0.2, -0.15) is 0 Å². The summed E-state index contributed by atoms with van der Waals surface area (Å²) in [6.45, 7) is 4.11. The number of carbonyl (C=O) groups excluding carboxylic acids is 1. The molecule has 0 aliphatic carbocycles. The Morgan fingerprint density at radius 3 is 2.65 bits per heavy atom. The highest BCUT2D eigenvalue weighted by atomic mass is 32.2. The first-order valence-corrected chi connectivity index (χ1v) is 9.52. The largest absolute Gasteiger partial charge is 0.353 e. The maximum atomic E-state index is 13.0. The van der Waals surface area contributed by atoms with Crippen LogP contribution in [0.4, 0.5) is 4.39 Å². The molecule has 1 N–H and O–H groups in total. The summed E-state index contributed by atoms with van der Waals surface area (Å²) in [5.41, 5.74) is 0.709. The van der Waals surface area contributed by atoms with Crippen molar-refractivity contribution in [1.29, 1.82) is 0 Å². The number of halogens is 1. The number of amides is 1. The normalized spacial score (nSPS) is 11.0. The predicted octanol–water partition coefficient (Wildman–Crippen LogP) is 4.20. The molecule has 0 aliphatic rings. The second-order valence-corrected chi connectivity index (χ2v) is 7.74. The lowest BCUT2D eigenvalue weighted by Crippen LogP contribution is -2.34. The lowest BCUT2D eigenvalue weighted by molar-refractivity contribution is -0.119. The Morgan fingerprint density at radius 1 is 1.39 bits per heavy atom. The zero-order chi connectivity index (χ0) is 16.8. The molecule has 0 bridgehead atoms. The van der Waals surface area contributed by atoms with Crippen LogP contribution < -0.4 is 5.32 Å². The van der Waals surface area contributed by atoms with Gasteiger partial charge in [0, 0.05) is 6.04 Å². The van der Waals surface area contributed by atoms with Crippen LogP contribution in [0.2, 0.25) is 0 Å². The number of benzene rings is 1. The Hall–Kier alpha value is -1.25. The van der Waals surface area contributed by atoms with Crippen molar-refractivity contribution in [3.05, 3.63) is 34.0 Å². The molecule has 0 fully saturated rings. The van der Waals surface area contributed by atoms with Crippen LogP contribution in [-0.2, 0) is 4.79 Å². The first-order valence-electron chi connectivity index (χ1n) is 7.31. The number of nitrogens with one attached hydrogen (secondary N) is 1. The Labute approximate surface area is 148 Å². The Balaban J connectivity index is 2.00. The van der Waals surface area contributed by atoms with Crippen LogP contribution in [-0.4, -0.2) is 27.5 Å². The van der Waals surface area contributed by atoms with E-state index in [2.05, 4.69) is 24.3 Å². The molecule has 0 unspecified atom stereocenters. The predicted molar refractivity (Wildman–Crippen MR) is 95.5 cm³/mol. The van der Waals surface area contributed by atoms with Gasteiger partial charge in [-0.25, -0.2) is 9.07 Å². The number of hydrogen-bond acceptors (Lipinski definition) is 5. The highest BCUT2D eigenvalue weighted by Gasteiger charge is 2.11. The SMILES string of the molecule is CCC(CC)NC(=O)CSc1nn(-c2ccc(F)cc2)c(=S)s1. The van der Waals surface area contributed by atoms with Gasteiger partial charge in [0.25, 0.3) is 0 Å². The third kappa shape index (κ3) is 5.12. The smallest absolute Gasteiger partial charge is 0.230 e. The quantitative estimate of drug-likeness (QED) is 0.585. The maximum Gasteiger partial charge on any atom is 0.230 e. The third-order valence-electron chi connectivity index (χ3n) is 3.28. The summed E-state index contributed by atoms with van der Waals surface area (Å²) >= 11 is 7.99. The van der Waals surface area contributed by atoms with Gasteiger partial charge in [-0.3, -0.25) is 4.79 Å². The highest BCUT2D eigenvalue weighted by Crippen LogP contribution is 2.24. The Bertz CT molecular complexity index is 708. The standard InChI is InChI=1S/C15H18FN3OS3/c1-3-11(4-2)17-13(20)9-22-14-18-19(15(21)23-14)12-7-5-10(16)6-8-12/h5-8,11H,3-4,9H2,1-2H3,(H,17,20). The van der Waals surface area contributed by atoms with Crippen molar-refractivity contribution in [2.24, 2.45) is 0 Å². The summed E-state index contributed by atoms with van der Waals surface area (Å²) in [6, 6.07) is 6.20. The fourth-order valence-electron chi connectivity index (χ4n) is 1.95. The van der Waals surface area contributed by atoms with Crippen LogP contribution in [0.3, 0.4) is 0 Å². The molecule has 1 heterocycles. The summed E-state index contributed by atoms with van der Waals surface area (Å²) in [5, 5.41) is 7.38. The van der Waals surface area contributed by atoms with Gasteiger partial charge in [0.15, 0.2) is 8.29 Å². The van der Waals surface area contributed by atoms with Gasteiger partial charge in [-0.05, 0) is 49.3 Å². The van der Waals surface area contributed by atoms with Crippen molar-refractivity contribution >= 4 is 41.2 Å². The molecule has 124 valence electrons. The molecule has 0 aliphatic heterocycles. The van der Waals surface area contributed by atoms with Crippen molar-refractivity contribution in [3.63, 3.8) is 0 Å². The fourth-order valence-corrected chi connectivity index (χ4v) is 4.13. The van der Waals surface area contributed by atoms with Gasteiger partial charge < -0.3 is 5.32 Å². The van der Waals surface area contributed by atoms with E-state index in [0.29, 0.717) is 15.4 Å². The van der Waals surface area contributed by atoms with E-state index < -0.39 is 0 Å². The van der Waals surface area contributed by atoms with E-state index in [4.69, 9.17) is 12.2 Å². The number of thioether (sulfide) groups is 1.